The van der Waals surface area contributed by atoms with Crippen LogP contribution >= 0.6 is 11.8 Å². The summed E-state index contributed by atoms with van der Waals surface area (Å²) in [5, 5.41) is 9.96. The van der Waals surface area contributed by atoms with Gasteiger partial charge in [-0.15, -0.1) is 24.9 Å². The molecule has 1 saturated carbocycles. The molecule has 0 radical (unpaired) electrons. The second-order valence-corrected chi connectivity index (χ2v) is 7.20. The largest absolute Gasteiger partial charge is 0.573 e. The van der Waals surface area contributed by atoms with Crippen LogP contribution in [0.2, 0.25) is 0 Å². The Morgan fingerprint density at radius 1 is 1.20 bits per heavy atom. The van der Waals surface area contributed by atoms with Gasteiger partial charge in [0.15, 0.2) is 0 Å². The van der Waals surface area contributed by atoms with Gasteiger partial charge in [-0.25, -0.2) is 0 Å². The lowest BCUT2D eigenvalue weighted by Crippen LogP contribution is -2.27. The van der Waals surface area contributed by atoms with Gasteiger partial charge in [0.1, 0.15) is 5.75 Å². The van der Waals surface area contributed by atoms with Gasteiger partial charge in [0.05, 0.1) is 17.3 Å². The van der Waals surface area contributed by atoms with Gasteiger partial charge in [-0.2, -0.15) is 0 Å². The molecule has 9 heteroatoms. The summed E-state index contributed by atoms with van der Waals surface area (Å²) in [7, 11) is 0. The first-order valence-electron chi connectivity index (χ1n) is 7.91. The molecule has 0 spiro atoms. The number of thioether (sulfide) groups is 1. The van der Waals surface area contributed by atoms with Crippen LogP contribution in [0.4, 0.5) is 13.2 Å². The molecule has 0 saturated heterocycles. The van der Waals surface area contributed by atoms with E-state index in [1.54, 1.807) is 12.1 Å². The van der Waals surface area contributed by atoms with Crippen molar-refractivity contribution >= 4 is 11.8 Å². The van der Waals surface area contributed by atoms with Gasteiger partial charge in [0, 0.05) is 5.25 Å². The molecule has 0 aromatic heterocycles. The lowest BCUT2D eigenvalue weighted by atomic mass is 9.84. The van der Waals surface area contributed by atoms with Crippen LogP contribution in [-0.4, -0.2) is 23.3 Å². The highest BCUT2D eigenvalue weighted by Crippen LogP contribution is 2.39. The van der Waals surface area contributed by atoms with Crippen LogP contribution in [-0.2, 0) is 0 Å². The van der Waals surface area contributed by atoms with Crippen LogP contribution in [0.3, 0.4) is 0 Å². The molecule has 0 bridgehead atoms. The summed E-state index contributed by atoms with van der Waals surface area (Å²) >= 11 is 1.49. The van der Waals surface area contributed by atoms with E-state index in [-0.39, 0.29) is 12.4 Å². The Morgan fingerprint density at radius 3 is 2.28 bits per heavy atom. The first-order valence-corrected chi connectivity index (χ1v) is 8.78. The molecule has 2 rings (SSSR count). The summed E-state index contributed by atoms with van der Waals surface area (Å²) in [5.74, 6) is 5.40. The third-order valence-corrected chi connectivity index (χ3v) is 5.49. The lowest BCUT2D eigenvalue weighted by Gasteiger charge is -2.29. The summed E-state index contributed by atoms with van der Waals surface area (Å²) < 4.78 is 40.4. The molecule has 1 fully saturated rings. The Hall–Kier alpha value is -1.58. The zero-order valence-electron chi connectivity index (χ0n) is 13.6. The van der Waals surface area contributed by atoms with Crippen molar-refractivity contribution in [3.05, 3.63) is 40.6 Å². The maximum atomic E-state index is 12.2. The van der Waals surface area contributed by atoms with E-state index in [0.717, 1.165) is 31.2 Å². The molecule has 0 heterocycles. The monoisotopic (exact) mass is 377 g/mol. The molecule has 0 atom stereocenters. The van der Waals surface area contributed by atoms with Gasteiger partial charge in [-0.05, 0) is 49.3 Å². The molecule has 25 heavy (non-hydrogen) atoms. The number of alkyl halides is 3. The molecular formula is C16H22F3N3O2S. The maximum Gasteiger partial charge on any atom is 0.573 e. The van der Waals surface area contributed by atoms with Crippen LogP contribution in [0, 0.1) is 0 Å². The highest BCUT2D eigenvalue weighted by Gasteiger charge is 2.31. The molecule has 1 aliphatic carbocycles. The number of hydrogen-bond acceptors (Lipinski definition) is 6. The number of hydrogen-bond donors (Lipinski definition) is 4. The predicted octanol–water partition coefficient (Wildman–Crippen LogP) is 2.93. The summed E-state index contributed by atoms with van der Waals surface area (Å²) in [4.78, 5) is 0. The van der Waals surface area contributed by atoms with E-state index in [1.165, 1.54) is 23.9 Å². The number of halogens is 3. The number of aliphatic hydroxyl groups is 1. The van der Waals surface area contributed by atoms with Crippen molar-refractivity contribution in [3.8, 4) is 5.75 Å². The van der Waals surface area contributed by atoms with Crippen molar-refractivity contribution in [2.75, 3.05) is 6.61 Å². The predicted molar refractivity (Wildman–Crippen MR) is 91.3 cm³/mol. The first kappa shape index (κ1) is 19.7. The fourth-order valence-corrected chi connectivity index (χ4v) is 4.03. The first-order chi connectivity index (χ1) is 11.8. The highest BCUT2D eigenvalue weighted by atomic mass is 32.2. The number of aliphatic hydroxyl groups excluding tert-OH is 1. The number of nitrogens with one attached hydrogen (secondary N) is 1. The van der Waals surface area contributed by atoms with Gasteiger partial charge in [0.25, 0.3) is 0 Å². The molecule has 1 aromatic carbocycles. The Morgan fingerprint density at radius 2 is 1.80 bits per heavy atom. The van der Waals surface area contributed by atoms with E-state index in [9.17, 15) is 13.2 Å². The third-order valence-electron chi connectivity index (χ3n) is 4.18. The zero-order chi connectivity index (χ0) is 18.4. The second kappa shape index (κ2) is 8.68. The van der Waals surface area contributed by atoms with Crippen LogP contribution in [0.25, 0.3) is 0 Å². The van der Waals surface area contributed by atoms with E-state index in [0.29, 0.717) is 21.9 Å². The normalized spacial score (nSPS) is 22.3. The Labute approximate surface area is 148 Å². The van der Waals surface area contributed by atoms with Crippen molar-refractivity contribution in [1.82, 2.24) is 5.43 Å². The smallest absolute Gasteiger partial charge is 0.406 e. The Bertz CT molecular complexity index is 579. The van der Waals surface area contributed by atoms with Crippen molar-refractivity contribution < 1.29 is 23.0 Å². The lowest BCUT2D eigenvalue weighted by molar-refractivity contribution is -0.274. The molecule has 140 valence electrons. The van der Waals surface area contributed by atoms with Gasteiger partial charge in [0.2, 0.25) is 0 Å². The molecular weight excluding hydrogens is 355 g/mol. The van der Waals surface area contributed by atoms with Crippen LogP contribution in [0.15, 0.2) is 35.0 Å². The van der Waals surface area contributed by atoms with Crippen molar-refractivity contribution in [2.24, 2.45) is 11.6 Å². The van der Waals surface area contributed by atoms with E-state index >= 15 is 0 Å². The van der Waals surface area contributed by atoms with E-state index in [4.69, 9.17) is 16.7 Å². The number of ether oxygens (including phenoxy) is 1. The SMILES string of the molecule is NN/C(CO)=C(\N)SC1CCC(c2ccc(OC(F)(F)F)cc2)CC1. The van der Waals surface area contributed by atoms with Gasteiger partial charge < -0.3 is 21.0 Å². The number of benzene rings is 1. The molecule has 0 amide bonds. The fraction of sp³-hybridized carbons (Fsp3) is 0.500. The van der Waals surface area contributed by atoms with Crippen molar-refractivity contribution in [1.29, 1.82) is 0 Å². The zero-order valence-corrected chi connectivity index (χ0v) is 14.4. The van der Waals surface area contributed by atoms with E-state index < -0.39 is 6.36 Å². The quantitative estimate of drug-likeness (QED) is 0.450. The molecule has 6 N–H and O–H groups in total. The molecule has 1 aliphatic rings. The summed E-state index contributed by atoms with van der Waals surface area (Å²) in [5.41, 5.74) is 9.73. The third kappa shape index (κ3) is 6.02. The van der Waals surface area contributed by atoms with E-state index in [1.807, 2.05) is 0 Å². The summed E-state index contributed by atoms with van der Waals surface area (Å²) in [6.45, 7) is -0.239. The van der Waals surface area contributed by atoms with Crippen LogP contribution in [0.1, 0.15) is 37.2 Å². The average Bonchev–Trinajstić information content (AvgIpc) is 2.56. The minimum atomic E-state index is -4.67. The summed E-state index contributed by atoms with van der Waals surface area (Å²) in [6, 6.07) is 6.08. The van der Waals surface area contributed by atoms with Crippen LogP contribution in [0.5, 0.6) is 5.75 Å². The minimum Gasteiger partial charge on any atom is -0.406 e. The minimum absolute atomic E-state index is 0.204. The number of hydrazine groups is 1. The van der Waals surface area contributed by atoms with Gasteiger partial charge in [-0.3, -0.25) is 5.84 Å². The van der Waals surface area contributed by atoms with Crippen molar-refractivity contribution in [3.63, 3.8) is 0 Å². The maximum absolute atomic E-state index is 12.2. The fourth-order valence-electron chi connectivity index (χ4n) is 2.90. The highest BCUT2D eigenvalue weighted by molar-refractivity contribution is 8.03. The standard InChI is InChI=1S/C16H22F3N3O2S/c17-16(18,19)24-12-5-1-10(2-6-12)11-3-7-13(8-4-11)25-15(20)14(9-23)22-21/h1-2,5-6,11,13,22-23H,3-4,7-9,20-21H2/b15-14+. The topological polar surface area (TPSA) is 93.5 Å². The van der Waals surface area contributed by atoms with Gasteiger partial charge >= 0.3 is 6.36 Å². The van der Waals surface area contributed by atoms with E-state index in [2.05, 4.69) is 10.2 Å². The molecule has 1 aromatic rings. The molecule has 5 nitrogen and oxygen atoms in total. The Kier molecular flexibility index (Phi) is 6.86. The number of nitrogens with two attached hydrogens (primary N) is 2. The number of rotatable bonds is 6. The van der Waals surface area contributed by atoms with Crippen LogP contribution < -0.4 is 21.7 Å². The van der Waals surface area contributed by atoms with Gasteiger partial charge in [-0.1, -0.05) is 12.1 Å². The Balaban J connectivity index is 1.88. The molecule has 0 unspecified atom stereocenters. The van der Waals surface area contributed by atoms with Crippen molar-refractivity contribution in [2.45, 2.75) is 43.2 Å². The molecule has 0 aliphatic heterocycles. The second-order valence-electron chi connectivity index (χ2n) is 5.85. The average molecular weight is 377 g/mol. The summed E-state index contributed by atoms with van der Waals surface area (Å²) in [6.07, 6.45) is -0.958.